The number of fused-ring (bicyclic) bond motifs is 1. The molecule has 1 fully saturated rings. The molecule has 7 heteroatoms. The lowest BCUT2D eigenvalue weighted by molar-refractivity contribution is 0.244. The number of benzene rings is 1. The Bertz CT molecular complexity index is 811. The van der Waals surface area contributed by atoms with Gasteiger partial charge in [0.1, 0.15) is 5.01 Å². The first-order valence-corrected chi connectivity index (χ1v) is 8.98. The third-order valence-electron chi connectivity index (χ3n) is 4.08. The summed E-state index contributed by atoms with van der Waals surface area (Å²) in [5.41, 5.74) is 1.11. The van der Waals surface area contributed by atoms with Crippen LogP contribution < -0.4 is 0 Å². The van der Waals surface area contributed by atoms with Crippen molar-refractivity contribution >= 4 is 32.2 Å². The van der Waals surface area contributed by atoms with Crippen molar-refractivity contribution in [1.29, 1.82) is 0 Å². The van der Waals surface area contributed by atoms with Gasteiger partial charge in [0.25, 0.3) is 0 Å². The van der Waals surface area contributed by atoms with E-state index in [-0.39, 0.29) is 0 Å². The molecule has 1 aliphatic heterocycles. The van der Waals surface area contributed by atoms with Crippen LogP contribution in [-0.4, -0.2) is 44.8 Å². The summed E-state index contributed by atoms with van der Waals surface area (Å²) < 4.78 is 3.00. The lowest BCUT2D eigenvalue weighted by Gasteiger charge is -2.28. The van der Waals surface area contributed by atoms with Crippen molar-refractivity contribution in [3.05, 3.63) is 34.6 Å². The van der Waals surface area contributed by atoms with E-state index < -0.39 is 0 Å². The predicted octanol–water partition coefficient (Wildman–Crippen LogP) is 3.42. The summed E-state index contributed by atoms with van der Waals surface area (Å²) in [6, 6.07) is 8.20. The molecule has 5 nitrogen and oxygen atoms in total. The molecule has 4 rings (SSSR count). The molecule has 0 spiro atoms. The number of aromatic nitrogens is 4. The van der Waals surface area contributed by atoms with E-state index in [0.29, 0.717) is 5.92 Å². The van der Waals surface area contributed by atoms with Gasteiger partial charge in [0.05, 0.1) is 0 Å². The summed E-state index contributed by atoms with van der Waals surface area (Å²) in [5, 5.41) is 14.5. The van der Waals surface area contributed by atoms with E-state index in [0.717, 1.165) is 38.8 Å². The monoisotopic (exact) mass is 377 g/mol. The molecular weight excluding hydrogens is 362 g/mol. The third-order valence-corrected chi connectivity index (χ3v) is 5.52. The summed E-state index contributed by atoms with van der Waals surface area (Å²) in [5.74, 6) is 1.42. The molecule has 1 aromatic carbocycles. The van der Waals surface area contributed by atoms with Crippen LogP contribution in [0.1, 0.15) is 24.6 Å². The van der Waals surface area contributed by atoms with Crippen LogP contribution in [-0.2, 0) is 0 Å². The predicted molar refractivity (Wildman–Crippen MR) is 91.3 cm³/mol. The minimum absolute atomic E-state index is 0.422. The maximum Gasteiger partial charge on any atom is 0.234 e. The lowest BCUT2D eigenvalue weighted by Crippen LogP contribution is -2.31. The Morgan fingerprint density at radius 2 is 2.23 bits per heavy atom. The third kappa shape index (κ3) is 2.57. The maximum atomic E-state index is 4.76. The Labute approximate surface area is 141 Å². The van der Waals surface area contributed by atoms with Crippen molar-refractivity contribution < 1.29 is 0 Å². The summed E-state index contributed by atoms with van der Waals surface area (Å²) in [6.07, 6.45) is 2.37. The average molecular weight is 378 g/mol. The Hall–Kier alpha value is -1.31. The van der Waals surface area contributed by atoms with Crippen LogP contribution in [0.4, 0.5) is 0 Å². The molecule has 0 bridgehead atoms. The Morgan fingerprint density at radius 1 is 1.32 bits per heavy atom. The minimum Gasteiger partial charge on any atom is -0.306 e. The molecule has 3 heterocycles. The Balaban J connectivity index is 1.73. The number of likely N-dealkylation sites (N-methyl/N-ethyl adjacent to an activating group) is 1. The zero-order chi connectivity index (χ0) is 15.1. The van der Waals surface area contributed by atoms with Crippen molar-refractivity contribution in [3.63, 3.8) is 0 Å². The average Bonchev–Trinajstić information content (AvgIpc) is 3.07. The molecule has 1 aliphatic rings. The molecule has 1 unspecified atom stereocenters. The highest BCUT2D eigenvalue weighted by atomic mass is 79.9. The van der Waals surface area contributed by atoms with Gasteiger partial charge in [-0.3, -0.25) is 0 Å². The van der Waals surface area contributed by atoms with E-state index >= 15 is 0 Å². The summed E-state index contributed by atoms with van der Waals surface area (Å²) >= 11 is 5.10. The van der Waals surface area contributed by atoms with Crippen LogP contribution in [0.25, 0.3) is 15.5 Å². The van der Waals surface area contributed by atoms with Crippen molar-refractivity contribution in [2.75, 3.05) is 20.1 Å². The van der Waals surface area contributed by atoms with Crippen LogP contribution in [0, 0.1) is 0 Å². The highest BCUT2D eigenvalue weighted by Crippen LogP contribution is 2.30. The second kappa shape index (κ2) is 5.72. The van der Waals surface area contributed by atoms with Gasteiger partial charge in [-0.05, 0) is 38.6 Å². The van der Waals surface area contributed by atoms with Gasteiger partial charge in [0.2, 0.25) is 4.96 Å². The highest BCUT2D eigenvalue weighted by molar-refractivity contribution is 9.10. The van der Waals surface area contributed by atoms with Crippen LogP contribution in [0.2, 0.25) is 0 Å². The first-order chi connectivity index (χ1) is 10.7. The van der Waals surface area contributed by atoms with E-state index in [4.69, 9.17) is 5.10 Å². The van der Waals surface area contributed by atoms with Gasteiger partial charge in [-0.25, -0.2) is 0 Å². The zero-order valence-corrected chi connectivity index (χ0v) is 14.6. The Morgan fingerprint density at radius 3 is 3.05 bits per heavy atom. The summed E-state index contributed by atoms with van der Waals surface area (Å²) in [4.78, 5) is 3.23. The quantitative estimate of drug-likeness (QED) is 0.686. The van der Waals surface area contributed by atoms with E-state index in [1.807, 2.05) is 16.6 Å². The smallest absolute Gasteiger partial charge is 0.234 e. The van der Waals surface area contributed by atoms with Crippen LogP contribution in [0.15, 0.2) is 28.7 Å². The van der Waals surface area contributed by atoms with Crippen molar-refractivity contribution in [2.24, 2.45) is 0 Å². The molecule has 114 valence electrons. The van der Waals surface area contributed by atoms with Gasteiger partial charge in [-0.1, -0.05) is 39.4 Å². The van der Waals surface area contributed by atoms with Gasteiger partial charge in [0.15, 0.2) is 5.82 Å². The van der Waals surface area contributed by atoms with Gasteiger partial charge in [0, 0.05) is 22.5 Å². The fraction of sp³-hybridized carbons (Fsp3) is 0.400. The standard InChI is InChI=1S/C15H16BrN5S/c1-20-7-3-5-11(9-20)13-17-18-15-21(13)19-14(22-15)10-4-2-6-12(16)8-10/h2,4,6,8,11H,3,5,7,9H2,1H3. The first-order valence-electron chi connectivity index (χ1n) is 7.37. The fourth-order valence-corrected chi connectivity index (χ4v) is 4.24. The van der Waals surface area contributed by atoms with Crippen molar-refractivity contribution in [2.45, 2.75) is 18.8 Å². The van der Waals surface area contributed by atoms with E-state index in [1.54, 1.807) is 11.3 Å². The number of hydrogen-bond acceptors (Lipinski definition) is 5. The molecule has 0 N–H and O–H groups in total. The van der Waals surface area contributed by atoms with Crippen LogP contribution in [0.5, 0.6) is 0 Å². The molecule has 22 heavy (non-hydrogen) atoms. The molecule has 0 radical (unpaired) electrons. The highest BCUT2D eigenvalue weighted by Gasteiger charge is 2.25. The largest absolute Gasteiger partial charge is 0.306 e. The van der Waals surface area contributed by atoms with Crippen LogP contribution in [0.3, 0.4) is 0 Å². The number of halogens is 1. The van der Waals surface area contributed by atoms with Crippen molar-refractivity contribution in [3.8, 4) is 10.6 Å². The van der Waals surface area contributed by atoms with Gasteiger partial charge >= 0.3 is 0 Å². The summed E-state index contributed by atoms with van der Waals surface area (Å²) in [6.45, 7) is 2.20. The molecule has 0 aliphatic carbocycles. The molecular formula is C15H16BrN5S. The Kier molecular flexibility index (Phi) is 3.71. The SMILES string of the molecule is CN1CCCC(c2nnc3sc(-c4cccc(Br)c4)nn23)C1. The zero-order valence-electron chi connectivity index (χ0n) is 12.2. The van der Waals surface area contributed by atoms with Gasteiger partial charge in [-0.2, -0.15) is 9.61 Å². The number of likely N-dealkylation sites (tertiary alicyclic amines) is 1. The van der Waals surface area contributed by atoms with Gasteiger partial charge in [-0.15, -0.1) is 10.2 Å². The molecule has 0 amide bonds. The minimum atomic E-state index is 0.422. The second-order valence-corrected chi connectivity index (χ2v) is 7.64. The van der Waals surface area contributed by atoms with E-state index in [9.17, 15) is 0 Å². The normalized spacial score (nSPS) is 19.8. The number of hydrogen-bond donors (Lipinski definition) is 0. The molecule has 1 saturated heterocycles. The molecule has 1 atom stereocenters. The molecule has 0 saturated carbocycles. The van der Waals surface area contributed by atoms with E-state index in [1.165, 1.54) is 13.0 Å². The lowest BCUT2D eigenvalue weighted by atomic mass is 9.98. The molecule has 3 aromatic rings. The number of nitrogens with zero attached hydrogens (tertiary/aromatic N) is 5. The number of rotatable bonds is 2. The fourth-order valence-electron chi connectivity index (χ4n) is 3.00. The van der Waals surface area contributed by atoms with Gasteiger partial charge < -0.3 is 4.90 Å². The van der Waals surface area contributed by atoms with Crippen molar-refractivity contribution in [1.82, 2.24) is 24.7 Å². The number of piperidine rings is 1. The topological polar surface area (TPSA) is 46.3 Å². The molecule has 2 aromatic heterocycles. The van der Waals surface area contributed by atoms with Crippen LogP contribution >= 0.6 is 27.3 Å². The second-order valence-electron chi connectivity index (χ2n) is 5.77. The first kappa shape index (κ1) is 14.3. The summed E-state index contributed by atoms with van der Waals surface area (Å²) in [7, 11) is 2.17. The van der Waals surface area contributed by atoms with E-state index in [2.05, 4.69) is 50.2 Å². The maximum absolute atomic E-state index is 4.76.